The Morgan fingerprint density at radius 1 is 0.980 bits per heavy atom. The van der Waals surface area contributed by atoms with Gasteiger partial charge in [0.2, 0.25) is 0 Å². The van der Waals surface area contributed by atoms with E-state index in [4.69, 9.17) is 0 Å². The lowest BCUT2D eigenvalue weighted by Gasteiger charge is -2.33. The number of piperidine rings is 2. The summed E-state index contributed by atoms with van der Waals surface area (Å²) in [4.78, 5) is 22.2. The van der Waals surface area contributed by atoms with Crippen LogP contribution in [0.1, 0.15) is 53.6 Å². The number of halogens is 1. The molecule has 0 radical (unpaired) electrons. The van der Waals surface area contributed by atoms with E-state index in [1.165, 1.54) is 41.5 Å². The maximum Gasteiger partial charge on any atom is 0.276 e. The highest BCUT2D eigenvalue weighted by Crippen LogP contribution is 2.29. The van der Waals surface area contributed by atoms with Crippen LogP contribution >= 0.6 is 0 Å². The average molecular weight is 690 g/mol. The van der Waals surface area contributed by atoms with Gasteiger partial charge in [-0.25, -0.2) is 8.96 Å². The van der Waals surface area contributed by atoms with Crippen molar-refractivity contribution >= 4 is 17.3 Å². The first-order valence-electron chi connectivity index (χ1n) is 17.9. The van der Waals surface area contributed by atoms with Crippen LogP contribution in [-0.4, -0.2) is 75.6 Å². The van der Waals surface area contributed by atoms with Crippen molar-refractivity contribution < 1.29 is 18.9 Å². The number of allylic oxidation sites excluding steroid dienone is 3. The van der Waals surface area contributed by atoms with Gasteiger partial charge in [0, 0.05) is 91.2 Å². The van der Waals surface area contributed by atoms with E-state index in [0.717, 1.165) is 70.4 Å². The Labute approximate surface area is 298 Å². The Morgan fingerprint density at radius 3 is 2.55 bits per heavy atom. The van der Waals surface area contributed by atoms with Gasteiger partial charge in [-0.15, -0.1) is 0 Å². The highest BCUT2D eigenvalue weighted by atomic mass is 19.1. The molecule has 2 unspecified atom stereocenters. The first-order chi connectivity index (χ1) is 24.9. The number of benzene rings is 1. The molecule has 2 saturated heterocycles. The predicted molar refractivity (Wildman–Crippen MR) is 195 cm³/mol. The number of hydrogen-bond acceptors (Lipinski definition) is 8. The second-order valence-electron chi connectivity index (χ2n) is 13.9. The second kappa shape index (κ2) is 16.0. The molecular weight excluding hydrogens is 643 g/mol. The van der Waals surface area contributed by atoms with Crippen molar-refractivity contribution in [3.8, 4) is 11.1 Å². The van der Waals surface area contributed by atoms with Gasteiger partial charge < -0.3 is 10.4 Å². The molecule has 2 fully saturated rings. The maximum atomic E-state index is 14.5. The van der Waals surface area contributed by atoms with E-state index in [-0.39, 0.29) is 23.9 Å². The van der Waals surface area contributed by atoms with E-state index < -0.39 is 12.0 Å². The van der Waals surface area contributed by atoms with Gasteiger partial charge in [-0.1, -0.05) is 24.3 Å². The van der Waals surface area contributed by atoms with Crippen molar-refractivity contribution in [2.75, 3.05) is 31.1 Å². The summed E-state index contributed by atoms with van der Waals surface area (Å²) in [7, 11) is 2.11. The molecule has 1 aromatic carbocycles. The lowest BCUT2D eigenvalue weighted by atomic mass is 9.89. The molecule has 51 heavy (non-hydrogen) atoms. The first kappa shape index (κ1) is 34.6. The average Bonchev–Trinajstić information content (AvgIpc) is 3.17. The zero-order valence-corrected chi connectivity index (χ0v) is 29.0. The van der Waals surface area contributed by atoms with Crippen LogP contribution in [-0.2, 0) is 13.6 Å². The lowest BCUT2D eigenvalue weighted by molar-refractivity contribution is -0.659. The molecule has 3 aliphatic rings. The number of aromatic nitrogens is 4. The second-order valence-corrected chi connectivity index (χ2v) is 13.9. The van der Waals surface area contributed by atoms with Crippen LogP contribution < -0.4 is 20.1 Å². The third kappa shape index (κ3) is 8.56. The summed E-state index contributed by atoms with van der Waals surface area (Å²) in [5.41, 5.74) is 4.92. The fourth-order valence-corrected chi connectivity index (χ4v) is 7.51. The quantitative estimate of drug-likeness (QED) is 0.166. The number of nitrogens with one attached hydrogen (secondary N) is 2. The molecule has 1 aliphatic carbocycles. The van der Waals surface area contributed by atoms with Gasteiger partial charge in [0.15, 0.2) is 0 Å². The van der Waals surface area contributed by atoms with E-state index in [2.05, 4.69) is 83.8 Å². The topological polar surface area (TPSA) is 110 Å². The number of carbonyl (C=O) groups is 1. The summed E-state index contributed by atoms with van der Waals surface area (Å²) in [6.45, 7) is 4.49. The summed E-state index contributed by atoms with van der Waals surface area (Å²) in [6.07, 6.45) is 19.0. The van der Waals surface area contributed by atoms with E-state index in [9.17, 15) is 14.3 Å². The van der Waals surface area contributed by atoms with Gasteiger partial charge in [-0.3, -0.25) is 24.9 Å². The first-order valence-corrected chi connectivity index (χ1v) is 17.9. The highest BCUT2D eigenvalue weighted by molar-refractivity contribution is 5.95. The van der Waals surface area contributed by atoms with E-state index in [1.807, 2.05) is 18.3 Å². The van der Waals surface area contributed by atoms with Crippen LogP contribution in [0.5, 0.6) is 0 Å². The molecule has 264 valence electrons. The lowest BCUT2D eigenvalue weighted by Crippen LogP contribution is -2.50. The van der Waals surface area contributed by atoms with Crippen molar-refractivity contribution in [2.24, 2.45) is 13.0 Å². The molecule has 2 atom stereocenters. The van der Waals surface area contributed by atoms with Gasteiger partial charge in [0.1, 0.15) is 12.0 Å². The summed E-state index contributed by atoms with van der Waals surface area (Å²) < 4.78 is 16.7. The maximum absolute atomic E-state index is 14.5. The summed E-state index contributed by atoms with van der Waals surface area (Å²) in [5, 5.41) is 25.3. The smallest absolute Gasteiger partial charge is 0.276 e. The van der Waals surface area contributed by atoms with Crippen LogP contribution in [0.2, 0.25) is 0 Å². The van der Waals surface area contributed by atoms with Crippen molar-refractivity contribution in [2.45, 2.75) is 57.0 Å². The van der Waals surface area contributed by atoms with Crippen LogP contribution in [0.3, 0.4) is 0 Å². The number of aliphatic hydroxyl groups is 1. The molecule has 5 heterocycles. The third-order valence-electron chi connectivity index (χ3n) is 10.4. The van der Waals surface area contributed by atoms with Gasteiger partial charge in [0.05, 0.1) is 38.7 Å². The number of amides is 1. The number of rotatable bonds is 10. The number of hydrogen-bond donors (Lipinski definition) is 3. The zero-order valence-electron chi connectivity index (χ0n) is 29.0. The van der Waals surface area contributed by atoms with Crippen LogP contribution in [0.4, 0.5) is 10.2 Å². The van der Waals surface area contributed by atoms with Gasteiger partial charge in [-0.05, 0) is 66.8 Å². The Balaban J connectivity index is 0.851. The molecule has 0 bridgehead atoms. The fourth-order valence-electron chi connectivity index (χ4n) is 7.51. The minimum atomic E-state index is -0.589. The minimum Gasteiger partial charge on any atom is -0.378 e. The largest absolute Gasteiger partial charge is 0.378 e. The molecule has 1 amide bonds. The van der Waals surface area contributed by atoms with Crippen molar-refractivity contribution in [3.63, 3.8) is 0 Å². The SMILES string of the molecule is C[n+]1cc(CN2CCC(NC(=O)c3ccc(F)c(-c4ccnnc4)c3)CC2)ccc1N1CCC(NC(O)C2C=CC=C(c3cccnc3)C2)CC1. The third-order valence-corrected chi connectivity index (χ3v) is 10.4. The predicted octanol–water partition coefficient (Wildman–Crippen LogP) is 4.43. The van der Waals surface area contributed by atoms with E-state index in [1.54, 1.807) is 18.3 Å². The molecule has 3 aromatic heterocycles. The normalized spacial score (nSPS) is 19.5. The van der Waals surface area contributed by atoms with E-state index in [0.29, 0.717) is 16.7 Å². The number of aliphatic hydroxyl groups excluding tert-OH is 1. The Bertz CT molecular complexity index is 1860. The van der Waals surface area contributed by atoms with Gasteiger partial charge >= 0.3 is 0 Å². The number of carbonyl (C=O) groups excluding carboxylic acids is 1. The van der Waals surface area contributed by atoms with Crippen LogP contribution in [0, 0.1) is 11.7 Å². The number of nitrogens with zero attached hydrogens (tertiary/aromatic N) is 6. The Kier molecular flexibility index (Phi) is 10.9. The zero-order chi connectivity index (χ0) is 35.2. The van der Waals surface area contributed by atoms with Gasteiger partial charge in [0.25, 0.3) is 11.7 Å². The molecule has 11 heteroatoms. The molecule has 0 saturated carbocycles. The molecule has 7 rings (SSSR count). The van der Waals surface area contributed by atoms with Gasteiger partial charge in [-0.2, -0.15) is 10.2 Å². The molecule has 10 nitrogen and oxygen atoms in total. The molecule has 2 aliphatic heterocycles. The number of aryl methyl sites for hydroxylation is 1. The number of anilines is 1. The molecule has 0 spiro atoms. The highest BCUT2D eigenvalue weighted by Gasteiger charge is 2.30. The minimum absolute atomic E-state index is 0.0321. The van der Waals surface area contributed by atoms with Crippen molar-refractivity contribution in [1.29, 1.82) is 0 Å². The Morgan fingerprint density at radius 2 is 1.80 bits per heavy atom. The van der Waals surface area contributed by atoms with Crippen LogP contribution in [0.25, 0.3) is 16.7 Å². The van der Waals surface area contributed by atoms with Crippen molar-refractivity contribution in [1.82, 2.24) is 30.7 Å². The Hall–Kier alpha value is -4.84. The summed E-state index contributed by atoms with van der Waals surface area (Å²) in [6, 6.07) is 14.9. The number of likely N-dealkylation sites (tertiary alicyclic amines) is 1. The fraction of sp³-hybridized carbons (Fsp3) is 0.375. The molecule has 4 aromatic rings. The van der Waals surface area contributed by atoms with E-state index >= 15 is 0 Å². The number of pyridine rings is 2. The standard InChI is InChI=1S/C40H45FN8O2/c1-47-26-28(27-48-18-12-34(13-19-48)45-40(51)31-8-9-37(41)36(23-31)33-11-17-43-44-25-33)7-10-38(47)49-20-14-35(15-21-49)46-39(50)30-5-2-4-29(22-30)32-6-3-16-42-24-32/h2-11,16-17,23-26,30,34-35,39,46,50H,12-15,18-22,27H2,1H3/p+1. The molecule has 3 N–H and O–H groups in total. The molecular formula is C40H46FN8O2+. The van der Waals surface area contributed by atoms with Crippen molar-refractivity contribution in [3.05, 3.63) is 120 Å². The monoisotopic (exact) mass is 689 g/mol. The summed E-state index contributed by atoms with van der Waals surface area (Å²) in [5.74, 6) is 0.642. The summed E-state index contributed by atoms with van der Waals surface area (Å²) >= 11 is 0. The van der Waals surface area contributed by atoms with Crippen LogP contribution in [0.15, 0.2) is 97.7 Å².